The van der Waals surface area contributed by atoms with Gasteiger partial charge in [-0.05, 0) is 56.2 Å². The molecule has 0 spiro atoms. The number of anilines is 1. The number of halogens is 1. The SMILES string of the molecule is CN(Cc1ccc(NC(=O)OCc2ccc(Cl)cc2)cc1)C(=O)OC(C)(C)C. The largest absolute Gasteiger partial charge is 0.444 e. The van der Waals surface area contributed by atoms with Crippen LogP contribution in [0.3, 0.4) is 0 Å². The van der Waals surface area contributed by atoms with Crippen molar-refractivity contribution >= 4 is 29.5 Å². The van der Waals surface area contributed by atoms with Crippen LogP contribution in [0.2, 0.25) is 5.02 Å². The van der Waals surface area contributed by atoms with Crippen molar-refractivity contribution in [1.82, 2.24) is 4.90 Å². The lowest BCUT2D eigenvalue weighted by molar-refractivity contribution is 0.0285. The molecule has 0 saturated heterocycles. The Morgan fingerprint density at radius 3 is 2.14 bits per heavy atom. The Hall–Kier alpha value is -2.73. The van der Waals surface area contributed by atoms with E-state index in [1.54, 1.807) is 43.4 Å². The van der Waals surface area contributed by atoms with Crippen LogP contribution in [-0.2, 0) is 22.6 Å². The molecule has 2 aromatic carbocycles. The molecule has 0 heterocycles. The summed E-state index contributed by atoms with van der Waals surface area (Å²) in [5.74, 6) is 0. The van der Waals surface area contributed by atoms with E-state index in [0.29, 0.717) is 17.3 Å². The molecule has 0 unspecified atom stereocenters. The Bertz CT molecular complexity index is 799. The number of carbonyl (C=O) groups excluding carboxylic acids is 2. The van der Waals surface area contributed by atoms with Gasteiger partial charge >= 0.3 is 12.2 Å². The molecule has 1 N–H and O–H groups in total. The fraction of sp³-hybridized carbons (Fsp3) is 0.333. The summed E-state index contributed by atoms with van der Waals surface area (Å²) in [5.41, 5.74) is 1.82. The van der Waals surface area contributed by atoms with Crippen LogP contribution in [0, 0.1) is 0 Å². The van der Waals surface area contributed by atoms with Crippen LogP contribution in [-0.4, -0.2) is 29.7 Å². The molecular weight excluding hydrogens is 380 g/mol. The van der Waals surface area contributed by atoms with Crippen LogP contribution < -0.4 is 5.32 Å². The number of hydrogen-bond donors (Lipinski definition) is 1. The molecule has 0 aliphatic heterocycles. The van der Waals surface area contributed by atoms with Crippen molar-refractivity contribution in [2.45, 2.75) is 39.5 Å². The van der Waals surface area contributed by atoms with E-state index < -0.39 is 11.7 Å². The normalized spacial score (nSPS) is 10.9. The van der Waals surface area contributed by atoms with Crippen molar-refractivity contribution in [1.29, 1.82) is 0 Å². The average Bonchev–Trinajstić information content (AvgIpc) is 2.61. The highest BCUT2D eigenvalue weighted by atomic mass is 35.5. The van der Waals surface area contributed by atoms with Gasteiger partial charge in [-0.15, -0.1) is 0 Å². The molecule has 2 rings (SSSR count). The van der Waals surface area contributed by atoms with Gasteiger partial charge in [0.05, 0.1) is 0 Å². The van der Waals surface area contributed by atoms with E-state index in [9.17, 15) is 9.59 Å². The molecule has 0 aromatic heterocycles. The van der Waals surface area contributed by atoms with Gasteiger partial charge in [0, 0.05) is 24.3 Å². The molecule has 0 fully saturated rings. The molecule has 0 atom stereocenters. The first-order chi connectivity index (χ1) is 13.1. The minimum atomic E-state index is -0.548. The Kier molecular flexibility index (Phi) is 7.29. The van der Waals surface area contributed by atoms with E-state index in [1.807, 2.05) is 32.9 Å². The van der Waals surface area contributed by atoms with Crippen molar-refractivity contribution in [3.8, 4) is 0 Å². The summed E-state index contributed by atoms with van der Waals surface area (Å²) in [6.07, 6.45) is -0.936. The lowest BCUT2D eigenvalue weighted by Gasteiger charge is -2.24. The quantitative estimate of drug-likeness (QED) is 0.718. The summed E-state index contributed by atoms with van der Waals surface area (Å²) >= 11 is 5.82. The number of carbonyl (C=O) groups is 2. The third-order valence-electron chi connectivity index (χ3n) is 3.61. The molecule has 2 amide bonds. The molecule has 150 valence electrons. The lowest BCUT2D eigenvalue weighted by Crippen LogP contribution is -2.33. The van der Waals surface area contributed by atoms with E-state index in [-0.39, 0.29) is 12.7 Å². The topological polar surface area (TPSA) is 67.9 Å². The van der Waals surface area contributed by atoms with Crippen molar-refractivity contribution in [2.24, 2.45) is 0 Å². The van der Waals surface area contributed by atoms with Gasteiger partial charge in [-0.2, -0.15) is 0 Å². The summed E-state index contributed by atoms with van der Waals surface area (Å²) in [7, 11) is 1.67. The van der Waals surface area contributed by atoms with E-state index in [1.165, 1.54) is 4.90 Å². The van der Waals surface area contributed by atoms with Crippen molar-refractivity contribution < 1.29 is 19.1 Å². The summed E-state index contributed by atoms with van der Waals surface area (Å²) < 4.78 is 10.5. The molecule has 0 aliphatic rings. The first-order valence-corrected chi connectivity index (χ1v) is 9.21. The highest BCUT2D eigenvalue weighted by Gasteiger charge is 2.19. The zero-order chi connectivity index (χ0) is 20.7. The van der Waals surface area contributed by atoms with Crippen LogP contribution in [0.25, 0.3) is 0 Å². The van der Waals surface area contributed by atoms with Crippen molar-refractivity contribution in [2.75, 3.05) is 12.4 Å². The Morgan fingerprint density at radius 1 is 1.00 bits per heavy atom. The predicted octanol–water partition coefficient (Wildman–Crippen LogP) is 5.46. The van der Waals surface area contributed by atoms with Gasteiger partial charge in [-0.3, -0.25) is 5.32 Å². The average molecular weight is 405 g/mol. The van der Waals surface area contributed by atoms with Gasteiger partial charge in [-0.1, -0.05) is 35.9 Å². The Balaban J connectivity index is 1.82. The zero-order valence-corrected chi connectivity index (χ0v) is 17.2. The smallest absolute Gasteiger partial charge is 0.411 e. The molecule has 0 radical (unpaired) electrons. The summed E-state index contributed by atoms with van der Waals surface area (Å²) in [6.45, 7) is 6.03. The summed E-state index contributed by atoms with van der Waals surface area (Å²) in [5, 5.41) is 3.30. The van der Waals surface area contributed by atoms with Crippen LogP contribution in [0.15, 0.2) is 48.5 Å². The van der Waals surface area contributed by atoms with Gasteiger partial charge in [0.15, 0.2) is 0 Å². The number of rotatable bonds is 5. The standard InChI is InChI=1S/C21H25ClN2O4/c1-21(2,3)28-20(26)24(4)13-15-7-11-18(12-8-15)23-19(25)27-14-16-5-9-17(22)10-6-16/h5-12H,13-14H2,1-4H3,(H,23,25). The van der Waals surface area contributed by atoms with Crippen LogP contribution in [0.4, 0.5) is 15.3 Å². The van der Waals surface area contributed by atoms with Gasteiger partial charge in [0.1, 0.15) is 12.2 Å². The van der Waals surface area contributed by atoms with Gasteiger partial charge in [0.2, 0.25) is 0 Å². The van der Waals surface area contributed by atoms with E-state index in [2.05, 4.69) is 5.32 Å². The van der Waals surface area contributed by atoms with Gasteiger partial charge in [-0.25, -0.2) is 9.59 Å². The summed E-state index contributed by atoms with van der Waals surface area (Å²) in [4.78, 5) is 25.4. The summed E-state index contributed by atoms with van der Waals surface area (Å²) in [6, 6.07) is 14.2. The molecule has 0 saturated carbocycles. The first-order valence-electron chi connectivity index (χ1n) is 8.84. The minimum absolute atomic E-state index is 0.155. The molecule has 28 heavy (non-hydrogen) atoms. The van der Waals surface area contributed by atoms with Gasteiger partial charge in [0.25, 0.3) is 0 Å². The second-order valence-corrected chi connectivity index (χ2v) is 7.80. The first kappa shape index (κ1) is 21.6. The van der Waals surface area contributed by atoms with E-state index in [0.717, 1.165) is 11.1 Å². The fourth-order valence-electron chi connectivity index (χ4n) is 2.26. The predicted molar refractivity (Wildman–Crippen MR) is 109 cm³/mol. The third-order valence-corrected chi connectivity index (χ3v) is 3.86. The van der Waals surface area contributed by atoms with Crippen molar-refractivity contribution in [3.05, 3.63) is 64.7 Å². The number of hydrogen-bond acceptors (Lipinski definition) is 4. The Morgan fingerprint density at radius 2 is 1.57 bits per heavy atom. The van der Waals surface area contributed by atoms with Crippen molar-refractivity contribution in [3.63, 3.8) is 0 Å². The lowest BCUT2D eigenvalue weighted by atomic mass is 10.2. The maximum absolute atomic E-state index is 12.0. The molecule has 0 aliphatic carbocycles. The fourth-order valence-corrected chi connectivity index (χ4v) is 2.38. The molecule has 2 aromatic rings. The molecule has 0 bridgehead atoms. The van der Waals surface area contributed by atoms with E-state index >= 15 is 0 Å². The number of amides is 2. The molecule has 7 heteroatoms. The number of benzene rings is 2. The highest BCUT2D eigenvalue weighted by molar-refractivity contribution is 6.30. The second kappa shape index (κ2) is 9.46. The maximum atomic E-state index is 12.0. The monoisotopic (exact) mass is 404 g/mol. The van der Waals surface area contributed by atoms with E-state index in [4.69, 9.17) is 21.1 Å². The highest BCUT2D eigenvalue weighted by Crippen LogP contribution is 2.15. The molecular formula is C21H25ClN2O4. The number of ether oxygens (including phenoxy) is 2. The number of nitrogens with zero attached hydrogens (tertiary/aromatic N) is 1. The van der Waals surface area contributed by atoms with Crippen LogP contribution in [0.1, 0.15) is 31.9 Å². The third kappa shape index (κ3) is 7.48. The second-order valence-electron chi connectivity index (χ2n) is 7.36. The maximum Gasteiger partial charge on any atom is 0.411 e. The zero-order valence-electron chi connectivity index (χ0n) is 16.5. The number of nitrogens with one attached hydrogen (secondary N) is 1. The van der Waals surface area contributed by atoms with Gasteiger partial charge < -0.3 is 14.4 Å². The molecule has 6 nitrogen and oxygen atoms in total. The minimum Gasteiger partial charge on any atom is -0.444 e. The van der Waals surface area contributed by atoms with Crippen LogP contribution >= 0.6 is 11.6 Å². The Labute approximate surface area is 170 Å². The van der Waals surface area contributed by atoms with Crippen LogP contribution in [0.5, 0.6) is 0 Å².